The van der Waals surface area contributed by atoms with Crippen molar-refractivity contribution in [3.63, 3.8) is 0 Å². The van der Waals surface area contributed by atoms with Gasteiger partial charge in [0.15, 0.2) is 0 Å². The lowest BCUT2D eigenvalue weighted by molar-refractivity contribution is -0.385. The van der Waals surface area contributed by atoms with Gasteiger partial charge < -0.3 is 5.32 Å². The van der Waals surface area contributed by atoms with Crippen molar-refractivity contribution < 1.29 is 4.92 Å². The van der Waals surface area contributed by atoms with E-state index in [1.165, 1.54) is 32.4 Å². The van der Waals surface area contributed by atoms with Gasteiger partial charge in [0.2, 0.25) is 0 Å². The standard InChI is InChI=1S/C14H19N3O2/c1-10-9-11(4-5-13(10)17(18)19)15-12-6-8-16-7-2-3-14(12)16/h4-5,9,12,14-15H,2-3,6-8H2,1H3. The number of nitrogens with one attached hydrogen (secondary N) is 1. The van der Waals surface area contributed by atoms with Gasteiger partial charge in [-0.05, 0) is 44.9 Å². The third-order valence-electron chi connectivity index (χ3n) is 4.35. The molecule has 2 fully saturated rings. The van der Waals surface area contributed by atoms with E-state index in [9.17, 15) is 10.1 Å². The monoisotopic (exact) mass is 261 g/mol. The van der Waals surface area contributed by atoms with Crippen molar-refractivity contribution in [2.75, 3.05) is 18.4 Å². The van der Waals surface area contributed by atoms with Gasteiger partial charge >= 0.3 is 0 Å². The fraction of sp³-hybridized carbons (Fsp3) is 0.571. The molecule has 102 valence electrons. The first-order valence-electron chi connectivity index (χ1n) is 6.91. The number of nitrogens with zero attached hydrogens (tertiary/aromatic N) is 2. The van der Waals surface area contributed by atoms with Gasteiger partial charge in [-0.15, -0.1) is 0 Å². The van der Waals surface area contributed by atoms with E-state index >= 15 is 0 Å². The van der Waals surface area contributed by atoms with E-state index < -0.39 is 0 Å². The van der Waals surface area contributed by atoms with E-state index in [0.29, 0.717) is 12.1 Å². The third kappa shape index (κ3) is 2.30. The van der Waals surface area contributed by atoms with Crippen LogP contribution in [-0.2, 0) is 0 Å². The largest absolute Gasteiger partial charge is 0.381 e. The molecule has 2 aliphatic rings. The van der Waals surface area contributed by atoms with Crippen molar-refractivity contribution in [1.82, 2.24) is 4.90 Å². The Hall–Kier alpha value is -1.62. The molecule has 5 heteroatoms. The Morgan fingerprint density at radius 1 is 1.37 bits per heavy atom. The minimum atomic E-state index is -0.326. The molecule has 2 heterocycles. The molecule has 3 rings (SSSR count). The lowest BCUT2D eigenvalue weighted by Crippen LogP contribution is -2.33. The lowest BCUT2D eigenvalue weighted by Gasteiger charge is -2.22. The van der Waals surface area contributed by atoms with Crippen LogP contribution in [-0.4, -0.2) is 35.0 Å². The molecule has 5 nitrogen and oxygen atoms in total. The molecule has 1 aromatic rings. The average Bonchev–Trinajstić information content (AvgIpc) is 2.94. The molecule has 0 bridgehead atoms. The van der Waals surface area contributed by atoms with Crippen LogP contribution in [0.4, 0.5) is 11.4 Å². The highest BCUT2D eigenvalue weighted by Crippen LogP contribution is 2.31. The Morgan fingerprint density at radius 2 is 2.21 bits per heavy atom. The van der Waals surface area contributed by atoms with Gasteiger partial charge in [0.25, 0.3) is 5.69 Å². The smallest absolute Gasteiger partial charge is 0.272 e. The van der Waals surface area contributed by atoms with Gasteiger partial charge in [-0.2, -0.15) is 0 Å². The van der Waals surface area contributed by atoms with E-state index in [2.05, 4.69) is 10.2 Å². The summed E-state index contributed by atoms with van der Waals surface area (Å²) in [4.78, 5) is 13.0. The number of anilines is 1. The molecule has 19 heavy (non-hydrogen) atoms. The van der Waals surface area contributed by atoms with Gasteiger partial charge in [-0.25, -0.2) is 0 Å². The van der Waals surface area contributed by atoms with Crippen molar-refractivity contribution in [3.05, 3.63) is 33.9 Å². The van der Waals surface area contributed by atoms with Crippen LogP contribution in [0.3, 0.4) is 0 Å². The molecule has 0 aliphatic carbocycles. The second-order valence-electron chi connectivity index (χ2n) is 5.54. The average molecular weight is 261 g/mol. The van der Waals surface area contributed by atoms with Crippen LogP contribution in [0.25, 0.3) is 0 Å². The summed E-state index contributed by atoms with van der Waals surface area (Å²) in [5, 5.41) is 14.4. The number of aryl methyl sites for hydroxylation is 1. The van der Waals surface area contributed by atoms with Crippen LogP contribution in [0, 0.1) is 17.0 Å². The number of hydrogen-bond donors (Lipinski definition) is 1. The van der Waals surface area contributed by atoms with E-state index in [-0.39, 0.29) is 10.6 Å². The van der Waals surface area contributed by atoms with E-state index in [1.807, 2.05) is 12.1 Å². The van der Waals surface area contributed by atoms with Gasteiger partial charge in [0.05, 0.1) is 4.92 Å². The van der Waals surface area contributed by atoms with Gasteiger partial charge in [0, 0.05) is 35.9 Å². The molecule has 0 saturated carbocycles. The molecule has 1 aromatic carbocycles. The summed E-state index contributed by atoms with van der Waals surface area (Å²) < 4.78 is 0. The number of benzene rings is 1. The van der Waals surface area contributed by atoms with Crippen LogP contribution in [0.5, 0.6) is 0 Å². The molecule has 0 aromatic heterocycles. The fourth-order valence-corrected chi connectivity index (χ4v) is 3.42. The lowest BCUT2D eigenvalue weighted by atomic mass is 10.1. The first-order chi connectivity index (χ1) is 9.15. The number of nitro benzene ring substituents is 1. The number of fused-ring (bicyclic) bond motifs is 1. The summed E-state index contributed by atoms with van der Waals surface area (Å²) >= 11 is 0. The molecule has 2 atom stereocenters. The molecule has 0 amide bonds. The molecule has 0 radical (unpaired) electrons. The molecule has 2 saturated heterocycles. The zero-order valence-corrected chi connectivity index (χ0v) is 11.1. The number of hydrogen-bond acceptors (Lipinski definition) is 4. The summed E-state index contributed by atoms with van der Waals surface area (Å²) in [7, 11) is 0. The third-order valence-corrected chi connectivity index (χ3v) is 4.35. The zero-order valence-electron chi connectivity index (χ0n) is 11.1. The maximum absolute atomic E-state index is 10.8. The van der Waals surface area contributed by atoms with Crippen LogP contribution in [0.1, 0.15) is 24.8 Å². The van der Waals surface area contributed by atoms with Gasteiger partial charge in [0.1, 0.15) is 0 Å². The summed E-state index contributed by atoms with van der Waals surface area (Å²) in [5.74, 6) is 0. The minimum Gasteiger partial charge on any atom is -0.381 e. The Kier molecular flexibility index (Phi) is 3.14. The molecule has 1 N–H and O–H groups in total. The topological polar surface area (TPSA) is 58.4 Å². The Labute approximate surface area is 112 Å². The quantitative estimate of drug-likeness (QED) is 0.671. The Bertz CT molecular complexity index is 503. The Balaban J connectivity index is 1.73. The zero-order chi connectivity index (χ0) is 13.4. The SMILES string of the molecule is Cc1cc(NC2CCN3CCCC23)ccc1[N+](=O)[O-]. The highest BCUT2D eigenvalue weighted by molar-refractivity contribution is 5.54. The van der Waals surface area contributed by atoms with Crippen LogP contribution in [0.15, 0.2) is 18.2 Å². The van der Waals surface area contributed by atoms with Crippen molar-refractivity contribution in [2.45, 2.75) is 38.3 Å². The van der Waals surface area contributed by atoms with Crippen molar-refractivity contribution in [3.8, 4) is 0 Å². The van der Waals surface area contributed by atoms with E-state index in [0.717, 1.165) is 11.3 Å². The van der Waals surface area contributed by atoms with Gasteiger partial charge in [-0.1, -0.05) is 0 Å². The van der Waals surface area contributed by atoms with E-state index in [1.54, 1.807) is 13.0 Å². The maximum atomic E-state index is 10.8. The van der Waals surface area contributed by atoms with Crippen LogP contribution < -0.4 is 5.32 Å². The van der Waals surface area contributed by atoms with Crippen molar-refractivity contribution in [2.24, 2.45) is 0 Å². The summed E-state index contributed by atoms with van der Waals surface area (Å²) in [5.41, 5.74) is 1.91. The molecular formula is C14H19N3O2. The highest BCUT2D eigenvalue weighted by atomic mass is 16.6. The fourth-order valence-electron chi connectivity index (χ4n) is 3.42. The van der Waals surface area contributed by atoms with Crippen molar-refractivity contribution >= 4 is 11.4 Å². The summed E-state index contributed by atoms with van der Waals surface area (Å²) in [6, 6.07) is 6.44. The molecular weight excluding hydrogens is 242 g/mol. The number of nitro groups is 1. The van der Waals surface area contributed by atoms with Crippen LogP contribution in [0.2, 0.25) is 0 Å². The van der Waals surface area contributed by atoms with Crippen LogP contribution >= 0.6 is 0 Å². The molecule has 0 spiro atoms. The second kappa shape index (κ2) is 4.81. The summed E-state index contributed by atoms with van der Waals surface area (Å²) in [6.07, 6.45) is 3.73. The predicted octanol–water partition coefficient (Wildman–Crippen LogP) is 2.55. The van der Waals surface area contributed by atoms with E-state index in [4.69, 9.17) is 0 Å². The summed E-state index contributed by atoms with van der Waals surface area (Å²) in [6.45, 7) is 4.19. The number of rotatable bonds is 3. The maximum Gasteiger partial charge on any atom is 0.272 e. The minimum absolute atomic E-state index is 0.194. The second-order valence-corrected chi connectivity index (χ2v) is 5.54. The Morgan fingerprint density at radius 3 is 2.95 bits per heavy atom. The predicted molar refractivity (Wildman–Crippen MR) is 74.5 cm³/mol. The first kappa shape index (κ1) is 12.4. The van der Waals surface area contributed by atoms with Gasteiger partial charge in [-0.3, -0.25) is 15.0 Å². The van der Waals surface area contributed by atoms with Crippen molar-refractivity contribution in [1.29, 1.82) is 0 Å². The highest BCUT2D eigenvalue weighted by Gasteiger charge is 2.36. The first-order valence-corrected chi connectivity index (χ1v) is 6.91. The molecule has 2 unspecified atom stereocenters. The molecule has 2 aliphatic heterocycles. The normalized spacial score (nSPS) is 26.4.